The van der Waals surface area contributed by atoms with Crippen LogP contribution in [-0.4, -0.2) is 29.6 Å². The van der Waals surface area contributed by atoms with E-state index in [9.17, 15) is 0 Å². The molecule has 4 aromatic rings. The third-order valence-corrected chi connectivity index (χ3v) is 6.36. The molecule has 0 aliphatic carbocycles. The van der Waals surface area contributed by atoms with Crippen molar-refractivity contribution in [1.29, 1.82) is 0 Å². The summed E-state index contributed by atoms with van der Waals surface area (Å²) in [4.78, 5) is 12.2. The van der Waals surface area contributed by atoms with Gasteiger partial charge in [0.2, 0.25) is 5.95 Å². The molecule has 1 saturated heterocycles. The van der Waals surface area contributed by atoms with E-state index in [1.54, 1.807) is 0 Å². The molecule has 0 atom stereocenters. The Morgan fingerprint density at radius 1 is 0.719 bits per heavy atom. The molecule has 4 nitrogen and oxygen atoms in total. The SMILES string of the molecule is c1ccc(C(CCNc2nc(N3CCCCC3)nc3ccccc23)c2ccccc2)cc1. The van der Waals surface area contributed by atoms with E-state index in [1.807, 2.05) is 0 Å². The van der Waals surface area contributed by atoms with Crippen LogP contribution in [0.3, 0.4) is 0 Å². The van der Waals surface area contributed by atoms with Crippen molar-refractivity contribution in [1.82, 2.24) is 9.97 Å². The quantitative estimate of drug-likeness (QED) is 0.382. The molecule has 1 aliphatic heterocycles. The van der Waals surface area contributed by atoms with Gasteiger partial charge in [0.1, 0.15) is 5.82 Å². The van der Waals surface area contributed by atoms with Gasteiger partial charge in [-0.05, 0) is 48.9 Å². The fraction of sp³-hybridized carbons (Fsp3) is 0.286. The zero-order valence-corrected chi connectivity index (χ0v) is 18.5. The largest absolute Gasteiger partial charge is 0.369 e. The first-order valence-electron chi connectivity index (χ1n) is 11.7. The van der Waals surface area contributed by atoms with E-state index >= 15 is 0 Å². The molecule has 5 rings (SSSR count). The second kappa shape index (κ2) is 9.82. The second-order valence-corrected chi connectivity index (χ2v) is 8.53. The predicted octanol–water partition coefficient (Wildman–Crippen LogP) is 6.25. The van der Waals surface area contributed by atoms with Crippen molar-refractivity contribution in [3.05, 3.63) is 96.1 Å². The summed E-state index contributed by atoms with van der Waals surface area (Å²) in [5.74, 6) is 2.14. The summed E-state index contributed by atoms with van der Waals surface area (Å²) in [7, 11) is 0. The van der Waals surface area contributed by atoms with E-state index < -0.39 is 0 Å². The molecule has 0 bridgehead atoms. The Bertz CT molecular complexity index is 1100. The normalized spacial score (nSPS) is 14.1. The van der Waals surface area contributed by atoms with Crippen molar-refractivity contribution in [3.63, 3.8) is 0 Å². The molecule has 0 radical (unpaired) electrons. The lowest BCUT2D eigenvalue weighted by Gasteiger charge is -2.27. The van der Waals surface area contributed by atoms with Crippen molar-refractivity contribution in [3.8, 4) is 0 Å². The zero-order chi connectivity index (χ0) is 21.6. The topological polar surface area (TPSA) is 41.1 Å². The molecular weight excluding hydrogens is 392 g/mol. The summed E-state index contributed by atoms with van der Waals surface area (Å²) < 4.78 is 0. The molecule has 4 heteroatoms. The third kappa shape index (κ3) is 4.59. The van der Waals surface area contributed by atoms with Gasteiger partial charge in [-0.2, -0.15) is 4.98 Å². The minimum Gasteiger partial charge on any atom is -0.369 e. The van der Waals surface area contributed by atoms with Crippen LogP contribution in [0.5, 0.6) is 0 Å². The highest BCUT2D eigenvalue weighted by atomic mass is 15.3. The molecule has 1 aliphatic rings. The first-order valence-corrected chi connectivity index (χ1v) is 11.7. The average molecular weight is 423 g/mol. The van der Waals surface area contributed by atoms with E-state index in [1.165, 1.54) is 30.4 Å². The Morgan fingerprint density at radius 2 is 1.34 bits per heavy atom. The van der Waals surface area contributed by atoms with Gasteiger partial charge in [0, 0.05) is 30.9 Å². The molecule has 1 fully saturated rings. The second-order valence-electron chi connectivity index (χ2n) is 8.53. The number of para-hydroxylation sites is 1. The molecular formula is C28H30N4. The van der Waals surface area contributed by atoms with Crippen LogP contribution in [0.2, 0.25) is 0 Å². The van der Waals surface area contributed by atoms with Crippen LogP contribution in [0.25, 0.3) is 10.9 Å². The molecule has 1 N–H and O–H groups in total. The highest BCUT2D eigenvalue weighted by Gasteiger charge is 2.17. The van der Waals surface area contributed by atoms with Crippen LogP contribution in [-0.2, 0) is 0 Å². The number of fused-ring (bicyclic) bond motifs is 1. The number of nitrogens with zero attached hydrogens (tertiary/aromatic N) is 3. The maximum atomic E-state index is 4.97. The molecule has 1 aromatic heterocycles. The molecule has 0 spiro atoms. The first kappa shape index (κ1) is 20.5. The number of nitrogens with one attached hydrogen (secondary N) is 1. The average Bonchev–Trinajstić information content (AvgIpc) is 2.88. The minimum atomic E-state index is 0.347. The fourth-order valence-electron chi connectivity index (χ4n) is 4.67. The molecule has 162 valence electrons. The standard InChI is InChI=1S/C28H30N4/c1-4-12-22(13-5-1)24(23-14-6-2-7-15-23)18-19-29-27-25-16-8-9-17-26(25)30-28(31-27)32-20-10-3-11-21-32/h1-2,4-9,12-17,24H,3,10-11,18-21H2,(H,29,30,31). The number of hydrogen-bond donors (Lipinski definition) is 1. The first-order chi connectivity index (χ1) is 15.9. The molecule has 2 heterocycles. The number of hydrogen-bond acceptors (Lipinski definition) is 4. The van der Waals surface area contributed by atoms with Crippen LogP contribution in [0.1, 0.15) is 42.7 Å². The van der Waals surface area contributed by atoms with Gasteiger partial charge in [0.25, 0.3) is 0 Å². The van der Waals surface area contributed by atoms with E-state index in [-0.39, 0.29) is 0 Å². The summed E-state index contributed by atoms with van der Waals surface area (Å²) in [6, 6.07) is 29.9. The van der Waals surface area contributed by atoms with Crippen LogP contribution >= 0.6 is 0 Å². The summed E-state index contributed by atoms with van der Waals surface area (Å²) >= 11 is 0. The van der Waals surface area contributed by atoms with Gasteiger partial charge >= 0.3 is 0 Å². The highest BCUT2D eigenvalue weighted by Crippen LogP contribution is 2.29. The summed E-state index contributed by atoms with van der Waals surface area (Å²) in [5, 5.41) is 4.75. The van der Waals surface area contributed by atoms with Gasteiger partial charge < -0.3 is 10.2 Å². The van der Waals surface area contributed by atoms with Gasteiger partial charge in [-0.15, -0.1) is 0 Å². The monoisotopic (exact) mass is 422 g/mol. The maximum absolute atomic E-state index is 4.97. The Kier molecular flexibility index (Phi) is 6.29. The van der Waals surface area contributed by atoms with Gasteiger partial charge in [-0.25, -0.2) is 4.98 Å². The predicted molar refractivity (Wildman–Crippen MR) is 133 cm³/mol. The number of benzene rings is 3. The van der Waals surface area contributed by atoms with E-state index in [0.717, 1.165) is 48.7 Å². The van der Waals surface area contributed by atoms with Crippen molar-refractivity contribution < 1.29 is 0 Å². The Hall–Kier alpha value is -3.40. The van der Waals surface area contributed by atoms with Crippen molar-refractivity contribution in [2.45, 2.75) is 31.6 Å². The fourth-order valence-corrected chi connectivity index (χ4v) is 4.67. The van der Waals surface area contributed by atoms with E-state index in [4.69, 9.17) is 9.97 Å². The van der Waals surface area contributed by atoms with E-state index in [2.05, 4.69) is 95.1 Å². The Morgan fingerprint density at radius 3 is 2.03 bits per heavy atom. The molecule has 0 amide bonds. The van der Waals surface area contributed by atoms with Crippen LogP contribution < -0.4 is 10.2 Å². The van der Waals surface area contributed by atoms with Gasteiger partial charge in [0.05, 0.1) is 5.52 Å². The Balaban J connectivity index is 1.39. The zero-order valence-electron chi connectivity index (χ0n) is 18.5. The van der Waals surface area contributed by atoms with E-state index in [0.29, 0.717) is 5.92 Å². The smallest absolute Gasteiger partial charge is 0.227 e. The van der Waals surface area contributed by atoms with Crippen LogP contribution in [0.15, 0.2) is 84.9 Å². The van der Waals surface area contributed by atoms with Gasteiger partial charge in [-0.3, -0.25) is 0 Å². The summed E-state index contributed by atoms with van der Waals surface area (Å²) in [6.07, 6.45) is 4.73. The van der Waals surface area contributed by atoms with Crippen molar-refractivity contribution >= 4 is 22.7 Å². The summed E-state index contributed by atoms with van der Waals surface area (Å²) in [5.41, 5.74) is 3.71. The highest BCUT2D eigenvalue weighted by molar-refractivity contribution is 5.90. The number of piperidine rings is 1. The Labute approximate surface area is 190 Å². The lowest BCUT2D eigenvalue weighted by molar-refractivity contribution is 0.569. The number of rotatable bonds is 7. The molecule has 3 aromatic carbocycles. The lowest BCUT2D eigenvalue weighted by atomic mass is 9.88. The van der Waals surface area contributed by atoms with Crippen LogP contribution in [0.4, 0.5) is 11.8 Å². The summed E-state index contributed by atoms with van der Waals surface area (Å²) in [6.45, 7) is 2.93. The lowest BCUT2D eigenvalue weighted by Crippen LogP contribution is -2.31. The number of aromatic nitrogens is 2. The van der Waals surface area contributed by atoms with Gasteiger partial charge in [-0.1, -0.05) is 72.8 Å². The van der Waals surface area contributed by atoms with Crippen molar-refractivity contribution in [2.24, 2.45) is 0 Å². The molecule has 0 unspecified atom stereocenters. The van der Waals surface area contributed by atoms with Crippen LogP contribution in [0, 0.1) is 0 Å². The third-order valence-electron chi connectivity index (χ3n) is 6.36. The molecule has 0 saturated carbocycles. The van der Waals surface area contributed by atoms with Crippen molar-refractivity contribution in [2.75, 3.05) is 29.9 Å². The minimum absolute atomic E-state index is 0.347. The maximum Gasteiger partial charge on any atom is 0.227 e. The molecule has 32 heavy (non-hydrogen) atoms. The van der Waals surface area contributed by atoms with Gasteiger partial charge in [0.15, 0.2) is 0 Å². The number of anilines is 2.